The van der Waals surface area contributed by atoms with Crippen molar-refractivity contribution in [2.75, 3.05) is 5.32 Å². The second kappa shape index (κ2) is 8.16. The molecule has 3 aromatic rings. The summed E-state index contributed by atoms with van der Waals surface area (Å²) in [7, 11) is 0. The molecule has 0 unspecified atom stereocenters. The van der Waals surface area contributed by atoms with Crippen molar-refractivity contribution in [2.24, 2.45) is 0 Å². The number of amides is 3. The van der Waals surface area contributed by atoms with Gasteiger partial charge in [-0.15, -0.1) is 0 Å². The first-order valence-electron chi connectivity index (χ1n) is 9.45. The Morgan fingerprint density at radius 3 is 2.37 bits per heavy atom. The van der Waals surface area contributed by atoms with Crippen LogP contribution in [0.25, 0.3) is 0 Å². The zero-order chi connectivity index (χ0) is 21.1. The summed E-state index contributed by atoms with van der Waals surface area (Å²) in [4.78, 5) is 43.1. The molecule has 150 valence electrons. The first kappa shape index (κ1) is 19.3. The number of pyridine rings is 1. The number of nitrogens with one attached hydrogen (secondary N) is 1. The smallest absolute Gasteiger partial charge is 0.262 e. The highest BCUT2D eigenvalue weighted by atomic mass is 16.5. The van der Waals surface area contributed by atoms with Crippen molar-refractivity contribution in [3.8, 4) is 5.75 Å². The van der Waals surface area contributed by atoms with Gasteiger partial charge in [0.25, 0.3) is 11.8 Å². The van der Waals surface area contributed by atoms with E-state index in [0.29, 0.717) is 29.2 Å². The molecular formula is C23H19N3O4. The van der Waals surface area contributed by atoms with Crippen LogP contribution >= 0.6 is 0 Å². The van der Waals surface area contributed by atoms with Crippen LogP contribution in [-0.4, -0.2) is 33.6 Å². The van der Waals surface area contributed by atoms with Crippen LogP contribution in [0, 0.1) is 0 Å². The highest BCUT2D eigenvalue weighted by molar-refractivity contribution is 6.23. The van der Waals surface area contributed by atoms with Crippen molar-refractivity contribution in [3.05, 3.63) is 89.7 Å². The Hall–Kier alpha value is -4.00. The first-order chi connectivity index (χ1) is 14.5. The maximum atomic E-state index is 12.7. The van der Waals surface area contributed by atoms with E-state index in [2.05, 4.69) is 10.3 Å². The molecule has 1 aliphatic rings. The monoisotopic (exact) mass is 401 g/mol. The third-order valence-corrected chi connectivity index (χ3v) is 4.81. The molecule has 1 aliphatic heterocycles. The van der Waals surface area contributed by atoms with Crippen molar-refractivity contribution in [3.63, 3.8) is 0 Å². The number of rotatable bonds is 6. The van der Waals surface area contributed by atoms with Crippen LogP contribution in [0.5, 0.6) is 5.75 Å². The summed E-state index contributed by atoms with van der Waals surface area (Å²) in [6, 6.07) is 18.1. The normalized spacial score (nSPS) is 13.7. The second-order valence-electron chi connectivity index (χ2n) is 6.83. The Morgan fingerprint density at radius 2 is 1.70 bits per heavy atom. The molecule has 0 aliphatic carbocycles. The molecule has 3 amide bonds. The van der Waals surface area contributed by atoms with Crippen LogP contribution in [0.1, 0.15) is 33.3 Å². The lowest BCUT2D eigenvalue weighted by Gasteiger charge is -2.21. The number of nitrogens with zero attached hydrogens (tertiary/aromatic N) is 2. The molecule has 0 radical (unpaired) electrons. The van der Waals surface area contributed by atoms with E-state index in [4.69, 9.17) is 4.74 Å². The maximum absolute atomic E-state index is 12.7. The summed E-state index contributed by atoms with van der Waals surface area (Å²) in [5.41, 5.74) is 1.91. The fraction of sp³-hybridized carbons (Fsp3) is 0.130. The summed E-state index contributed by atoms with van der Waals surface area (Å²) < 4.78 is 5.72. The third kappa shape index (κ3) is 3.77. The second-order valence-corrected chi connectivity index (χ2v) is 6.83. The SMILES string of the molecule is C[C@@H](C(=O)Nc1cccc(OCc2ccccn2)c1)N1C(=O)c2ccccc2C1=O. The standard InChI is InChI=1S/C23H19N3O4/c1-15(26-22(28)19-10-2-3-11-20(19)23(26)29)21(27)25-16-8-6-9-18(13-16)30-14-17-7-4-5-12-24-17/h2-13,15H,14H2,1H3,(H,25,27)/t15-/m0/s1. The molecule has 0 saturated carbocycles. The molecule has 2 aromatic carbocycles. The highest BCUT2D eigenvalue weighted by Crippen LogP contribution is 2.25. The molecule has 1 atom stereocenters. The molecule has 2 heterocycles. The Morgan fingerprint density at radius 1 is 1.00 bits per heavy atom. The van der Waals surface area contributed by atoms with Gasteiger partial charge in [-0.1, -0.05) is 24.3 Å². The molecule has 0 bridgehead atoms. The number of fused-ring (bicyclic) bond motifs is 1. The van der Waals surface area contributed by atoms with E-state index < -0.39 is 23.8 Å². The van der Waals surface area contributed by atoms with Crippen molar-refractivity contribution in [1.29, 1.82) is 0 Å². The van der Waals surface area contributed by atoms with Gasteiger partial charge in [0.05, 0.1) is 16.8 Å². The van der Waals surface area contributed by atoms with Crippen LogP contribution < -0.4 is 10.1 Å². The number of ether oxygens (including phenoxy) is 1. The van der Waals surface area contributed by atoms with Crippen molar-refractivity contribution in [2.45, 2.75) is 19.6 Å². The van der Waals surface area contributed by atoms with Crippen LogP contribution in [0.4, 0.5) is 5.69 Å². The molecule has 4 rings (SSSR count). The molecular weight excluding hydrogens is 382 g/mol. The van der Waals surface area contributed by atoms with Gasteiger partial charge in [0.1, 0.15) is 18.4 Å². The number of anilines is 1. The number of carbonyl (C=O) groups is 3. The first-order valence-corrected chi connectivity index (χ1v) is 9.45. The zero-order valence-electron chi connectivity index (χ0n) is 16.2. The summed E-state index contributed by atoms with van der Waals surface area (Å²) in [5.74, 6) is -0.838. The highest BCUT2D eigenvalue weighted by Gasteiger charge is 2.40. The Balaban J connectivity index is 1.43. The summed E-state index contributed by atoms with van der Waals surface area (Å²) in [5, 5.41) is 2.74. The van der Waals surface area contributed by atoms with E-state index in [0.717, 1.165) is 10.6 Å². The maximum Gasteiger partial charge on any atom is 0.262 e. The predicted octanol–water partition coefficient (Wildman–Crippen LogP) is 3.28. The fourth-order valence-corrected chi connectivity index (χ4v) is 3.23. The number of hydrogen-bond donors (Lipinski definition) is 1. The molecule has 1 aromatic heterocycles. The molecule has 7 nitrogen and oxygen atoms in total. The molecule has 1 N–H and O–H groups in total. The van der Waals surface area contributed by atoms with Crippen molar-refractivity contribution in [1.82, 2.24) is 9.88 Å². The van der Waals surface area contributed by atoms with Gasteiger partial charge in [0.15, 0.2) is 0 Å². The average Bonchev–Trinajstić information content (AvgIpc) is 3.03. The largest absolute Gasteiger partial charge is 0.487 e. The van der Waals surface area contributed by atoms with Gasteiger partial charge >= 0.3 is 0 Å². The molecule has 0 spiro atoms. The van der Waals surface area contributed by atoms with Crippen LogP contribution in [0.3, 0.4) is 0 Å². The van der Waals surface area contributed by atoms with Gasteiger partial charge in [0.2, 0.25) is 5.91 Å². The lowest BCUT2D eigenvalue weighted by molar-refractivity contribution is -0.119. The van der Waals surface area contributed by atoms with E-state index in [9.17, 15) is 14.4 Å². The molecule has 0 saturated heterocycles. The van der Waals surface area contributed by atoms with Gasteiger partial charge in [0, 0.05) is 18.0 Å². The fourth-order valence-electron chi connectivity index (χ4n) is 3.23. The number of imide groups is 1. The van der Waals surface area contributed by atoms with E-state index >= 15 is 0 Å². The van der Waals surface area contributed by atoms with E-state index in [-0.39, 0.29) is 0 Å². The van der Waals surface area contributed by atoms with Crippen LogP contribution in [0.15, 0.2) is 72.9 Å². The van der Waals surface area contributed by atoms with Gasteiger partial charge in [-0.2, -0.15) is 0 Å². The minimum Gasteiger partial charge on any atom is -0.487 e. The minimum atomic E-state index is -0.963. The topological polar surface area (TPSA) is 88.6 Å². The average molecular weight is 401 g/mol. The third-order valence-electron chi connectivity index (χ3n) is 4.81. The zero-order valence-corrected chi connectivity index (χ0v) is 16.2. The van der Waals surface area contributed by atoms with Crippen molar-refractivity contribution < 1.29 is 19.1 Å². The van der Waals surface area contributed by atoms with E-state index in [1.54, 1.807) is 54.7 Å². The quantitative estimate of drug-likeness (QED) is 0.641. The molecule has 0 fully saturated rings. The molecule has 30 heavy (non-hydrogen) atoms. The Kier molecular flexibility index (Phi) is 5.26. The molecule has 7 heteroatoms. The number of benzene rings is 2. The van der Waals surface area contributed by atoms with E-state index in [1.165, 1.54) is 6.92 Å². The lowest BCUT2D eigenvalue weighted by atomic mass is 10.1. The van der Waals surface area contributed by atoms with E-state index in [1.807, 2.05) is 18.2 Å². The number of carbonyl (C=O) groups excluding carboxylic acids is 3. The van der Waals surface area contributed by atoms with Crippen LogP contribution in [-0.2, 0) is 11.4 Å². The predicted molar refractivity (Wildman–Crippen MR) is 110 cm³/mol. The number of aromatic nitrogens is 1. The van der Waals surface area contributed by atoms with Gasteiger partial charge < -0.3 is 10.1 Å². The van der Waals surface area contributed by atoms with Gasteiger partial charge in [-0.3, -0.25) is 24.3 Å². The Bertz CT molecular complexity index is 1080. The van der Waals surface area contributed by atoms with Gasteiger partial charge in [-0.05, 0) is 43.3 Å². The van der Waals surface area contributed by atoms with Crippen molar-refractivity contribution >= 4 is 23.4 Å². The summed E-state index contributed by atoms with van der Waals surface area (Å²) in [6.07, 6.45) is 1.69. The summed E-state index contributed by atoms with van der Waals surface area (Å²) >= 11 is 0. The summed E-state index contributed by atoms with van der Waals surface area (Å²) in [6.45, 7) is 1.82. The minimum absolute atomic E-state index is 0.295. The van der Waals surface area contributed by atoms with Crippen LogP contribution in [0.2, 0.25) is 0 Å². The van der Waals surface area contributed by atoms with Gasteiger partial charge in [-0.25, -0.2) is 0 Å². The lowest BCUT2D eigenvalue weighted by Crippen LogP contribution is -2.45. The number of hydrogen-bond acceptors (Lipinski definition) is 5. The Labute approximate surface area is 173 Å².